The van der Waals surface area contributed by atoms with Crippen LogP contribution in [0.3, 0.4) is 0 Å². The molecule has 1 unspecified atom stereocenters. The van der Waals surface area contributed by atoms with E-state index in [2.05, 4.69) is 21.2 Å². The Morgan fingerprint density at radius 3 is 2.80 bits per heavy atom. The Labute approximate surface area is 124 Å². The van der Waals surface area contributed by atoms with E-state index in [9.17, 15) is 0 Å². The molecule has 106 valence electrons. The Hall–Kier alpha value is -1.39. The fourth-order valence-electron chi connectivity index (χ4n) is 3.50. The number of aromatic nitrogens is 2. The van der Waals surface area contributed by atoms with Crippen LogP contribution in [-0.2, 0) is 5.41 Å². The Bertz CT molecular complexity index is 565. The van der Waals surface area contributed by atoms with Gasteiger partial charge in [0, 0.05) is 12.0 Å². The van der Waals surface area contributed by atoms with Gasteiger partial charge in [0.2, 0.25) is 0 Å². The summed E-state index contributed by atoms with van der Waals surface area (Å²) >= 11 is 0. The SMILES string of the molecule is Cl.c1coc(-c2ccc([C@@]34CCCN(CC3)C4)nn2)c1. The van der Waals surface area contributed by atoms with Crippen LogP contribution >= 0.6 is 12.4 Å². The number of nitrogens with zero attached hydrogens (tertiary/aromatic N) is 3. The van der Waals surface area contributed by atoms with Crippen LogP contribution in [0, 0.1) is 0 Å². The van der Waals surface area contributed by atoms with Crippen molar-refractivity contribution in [2.45, 2.75) is 24.7 Å². The topological polar surface area (TPSA) is 42.2 Å². The second-order valence-corrected chi connectivity index (χ2v) is 5.69. The fourth-order valence-corrected chi connectivity index (χ4v) is 3.50. The first kappa shape index (κ1) is 13.6. The van der Waals surface area contributed by atoms with Gasteiger partial charge in [-0.1, -0.05) is 0 Å². The van der Waals surface area contributed by atoms with Crippen molar-refractivity contribution in [2.24, 2.45) is 0 Å². The number of hydrogen-bond donors (Lipinski definition) is 0. The lowest BCUT2D eigenvalue weighted by atomic mass is 9.78. The number of halogens is 1. The molecular formula is C15H18ClN3O. The highest BCUT2D eigenvalue weighted by Gasteiger charge is 2.43. The van der Waals surface area contributed by atoms with E-state index < -0.39 is 0 Å². The molecule has 0 spiro atoms. The van der Waals surface area contributed by atoms with E-state index in [1.807, 2.05) is 18.2 Å². The molecule has 4 heterocycles. The van der Waals surface area contributed by atoms with Gasteiger partial charge >= 0.3 is 0 Å². The van der Waals surface area contributed by atoms with Crippen molar-refractivity contribution in [1.29, 1.82) is 0 Å². The minimum atomic E-state index is 0. The average Bonchev–Trinajstić information content (AvgIpc) is 3.09. The lowest BCUT2D eigenvalue weighted by Crippen LogP contribution is -2.37. The van der Waals surface area contributed by atoms with Gasteiger partial charge in [-0.3, -0.25) is 0 Å². The van der Waals surface area contributed by atoms with Crippen molar-refractivity contribution in [2.75, 3.05) is 19.6 Å². The molecule has 0 amide bonds. The van der Waals surface area contributed by atoms with Gasteiger partial charge < -0.3 is 9.32 Å². The maximum atomic E-state index is 5.35. The van der Waals surface area contributed by atoms with E-state index >= 15 is 0 Å². The van der Waals surface area contributed by atoms with Gasteiger partial charge in [-0.05, 0) is 56.6 Å². The maximum absolute atomic E-state index is 5.35. The maximum Gasteiger partial charge on any atom is 0.154 e. The fraction of sp³-hybridized carbons (Fsp3) is 0.467. The monoisotopic (exact) mass is 291 g/mol. The van der Waals surface area contributed by atoms with E-state index in [-0.39, 0.29) is 17.8 Å². The minimum absolute atomic E-state index is 0. The highest BCUT2D eigenvalue weighted by Crippen LogP contribution is 2.41. The molecule has 2 fully saturated rings. The first-order valence-corrected chi connectivity index (χ1v) is 6.96. The number of rotatable bonds is 2. The Morgan fingerprint density at radius 1 is 1.10 bits per heavy atom. The summed E-state index contributed by atoms with van der Waals surface area (Å²) in [5.74, 6) is 0.785. The van der Waals surface area contributed by atoms with Crippen LogP contribution in [-0.4, -0.2) is 34.7 Å². The number of fused-ring (bicyclic) bond motifs is 2. The summed E-state index contributed by atoms with van der Waals surface area (Å²) in [5.41, 5.74) is 2.23. The number of furan rings is 1. The molecule has 2 aromatic rings. The molecule has 2 aliphatic heterocycles. The van der Waals surface area contributed by atoms with E-state index in [0.717, 1.165) is 23.7 Å². The summed E-state index contributed by atoms with van der Waals surface area (Å²) in [5, 5.41) is 8.84. The normalized spacial score (nSPS) is 28.1. The lowest BCUT2D eigenvalue weighted by molar-refractivity contribution is 0.239. The smallest absolute Gasteiger partial charge is 0.154 e. The van der Waals surface area contributed by atoms with Crippen molar-refractivity contribution in [3.63, 3.8) is 0 Å². The Balaban J connectivity index is 0.00000121. The van der Waals surface area contributed by atoms with Crippen molar-refractivity contribution in [3.05, 3.63) is 36.2 Å². The van der Waals surface area contributed by atoms with E-state index in [1.54, 1.807) is 6.26 Å². The molecule has 0 aliphatic carbocycles. The highest BCUT2D eigenvalue weighted by molar-refractivity contribution is 5.85. The van der Waals surface area contributed by atoms with Crippen molar-refractivity contribution in [3.8, 4) is 11.5 Å². The molecule has 2 saturated heterocycles. The van der Waals surface area contributed by atoms with Crippen LogP contribution in [0.4, 0.5) is 0 Å². The second kappa shape index (κ2) is 5.19. The predicted molar refractivity (Wildman–Crippen MR) is 79.0 cm³/mol. The zero-order valence-electron chi connectivity index (χ0n) is 11.3. The molecule has 0 saturated carbocycles. The van der Waals surface area contributed by atoms with Gasteiger partial charge in [-0.25, -0.2) is 0 Å². The zero-order chi connectivity index (χ0) is 12.7. The van der Waals surface area contributed by atoms with Gasteiger partial charge in [0.25, 0.3) is 0 Å². The minimum Gasteiger partial charge on any atom is -0.463 e. The van der Waals surface area contributed by atoms with Crippen LogP contribution in [0.5, 0.6) is 0 Å². The molecule has 20 heavy (non-hydrogen) atoms. The molecule has 0 aromatic carbocycles. The molecule has 0 radical (unpaired) electrons. The quantitative estimate of drug-likeness (QED) is 0.853. The zero-order valence-corrected chi connectivity index (χ0v) is 12.1. The average molecular weight is 292 g/mol. The summed E-state index contributed by atoms with van der Waals surface area (Å²) in [6.07, 6.45) is 5.42. The first-order chi connectivity index (χ1) is 9.36. The second-order valence-electron chi connectivity index (χ2n) is 5.69. The Morgan fingerprint density at radius 2 is 2.05 bits per heavy atom. The summed E-state index contributed by atoms with van der Waals surface area (Å²) in [7, 11) is 0. The largest absolute Gasteiger partial charge is 0.463 e. The van der Waals surface area contributed by atoms with Crippen molar-refractivity contribution < 1.29 is 4.42 Å². The summed E-state index contributed by atoms with van der Waals surface area (Å²) < 4.78 is 5.35. The van der Waals surface area contributed by atoms with Crippen molar-refractivity contribution >= 4 is 12.4 Å². The van der Waals surface area contributed by atoms with E-state index in [4.69, 9.17) is 4.42 Å². The van der Waals surface area contributed by atoms with Crippen LogP contribution < -0.4 is 0 Å². The van der Waals surface area contributed by atoms with Gasteiger partial charge in [0.05, 0.1) is 12.0 Å². The molecule has 2 bridgehead atoms. The third-order valence-corrected chi connectivity index (χ3v) is 4.54. The van der Waals surface area contributed by atoms with Gasteiger partial charge in [0.15, 0.2) is 5.76 Å². The molecule has 5 heteroatoms. The molecule has 4 nitrogen and oxygen atoms in total. The number of piperidine rings is 1. The molecule has 2 aromatic heterocycles. The molecule has 0 N–H and O–H groups in total. The third kappa shape index (κ3) is 2.13. The van der Waals surface area contributed by atoms with Crippen LogP contribution in [0.1, 0.15) is 25.0 Å². The van der Waals surface area contributed by atoms with Crippen molar-refractivity contribution in [1.82, 2.24) is 15.1 Å². The van der Waals surface area contributed by atoms with Gasteiger partial charge in [-0.2, -0.15) is 5.10 Å². The lowest BCUT2D eigenvalue weighted by Gasteiger charge is -2.33. The third-order valence-electron chi connectivity index (χ3n) is 4.54. The highest BCUT2D eigenvalue weighted by atomic mass is 35.5. The van der Waals surface area contributed by atoms with Crippen LogP contribution in [0.15, 0.2) is 34.9 Å². The standard InChI is InChI=1S/C15H17N3O.ClH/c1-3-13(19-10-1)12-4-5-14(17-16-12)15-6-2-8-18(11-15)9-7-15;/h1,3-5,10H,2,6-9,11H2;1H/t15-;/m0./s1. The number of hydrogen-bond acceptors (Lipinski definition) is 4. The van der Waals surface area contributed by atoms with E-state index in [1.165, 1.54) is 32.4 Å². The summed E-state index contributed by atoms with van der Waals surface area (Å²) in [6, 6.07) is 7.96. The van der Waals surface area contributed by atoms with Gasteiger partial charge in [0.1, 0.15) is 5.69 Å². The summed E-state index contributed by atoms with van der Waals surface area (Å²) in [4.78, 5) is 2.55. The van der Waals surface area contributed by atoms with Crippen LogP contribution in [0.25, 0.3) is 11.5 Å². The predicted octanol–water partition coefficient (Wildman–Crippen LogP) is 2.90. The molecular weight excluding hydrogens is 274 g/mol. The molecule has 2 atom stereocenters. The summed E-state index contributed by atoms with van der Waals surface area (Å²) in [6.45, 7) is 3.61. The molecule has 4 rings (SSSR count). The first-order valence-electron chi connectivity index (χ1n) is 6.96. The van der Waals surface area contributed by atoms with Gasteiger partial charge in [-0.15, -0.1) is 17.5 Å². The molecule has 2 aliphatic rings. The Kier molecular flexibility index (Phi) is 3.52. The van der Waals surface area contributed by atoms with E-state index in [0.29, 0.717) is 0 Å². The van der Waals surface area contributed by atoms with Crippen LogP contribution in [0.2, 0.25) is 0 Å².